The summed E-state index contributed by atoms with van der Waals surface area (Å²) >= 11 is 0. The number of ether oxygens (including phenoxy) is 1. The van der Waals surface area contributed by atoms with E-state index in [0.717, 1.165) is 113 Å². The summed E-state index contributed by atoms with van der Waals surface area (Å²) in [7, 11) is 1.31. The quantitative estimate of drug-likeness (QED) is 0.0398. The van der Waals surface area contributed by atoms with Gasteiger partial charge in [0, 0.05) is 91.0 Å². The molecule has 0 radical (unpaired) electrons. The molecule has 8 aromatic heterocycles. The fraction of sp³-hybridized carbons (Fsp3) is 0.515. The zero-order valence-corrected chi connectivity index (χ0v) is 57.0. The van der Waals surface area contributed by atoms with Crippen molar-refractivity contribution < 1.29 is 40.2 Å². The number of carbonyl (C=O) groups is 3. The van der Waals surface area contributed by atoms with Crippen molar-refractivity contribution in [2.45, 2.75) is 182 Å². The maximum atomic E-state index is 11.9. The van der Waals surface area contributed by atoms with Gasteiger partial charge in [0.25, 0.3) is 0 Å². The van der Waals surface area contributed by atoms with Gasteiger partial charge in [-0.05, 0) is 148 Å². The first-order valence-electron chi connectivity index (χ1n) is 30.2. The van der Waals surface area contributed by atoms with Crippen molar-refractivity contribution in [2.75, 3.05) is 7.11 Å². The average molecular weight is 1370 g/mol. The summed E-state index contributed by atoms with van der Waals surface area (Å²) < 4.78 is 4.49. The Kier molecular flexibility index (Phi) is 31.6. The van der Waals surface area contributed by atoms with Gasteiger partial charge < -0.3 is 25.1 Å². The van der Waals surface area contributed by atoms with E-state index < -0.39 is 11.9 Å². The Bertz CT molecular complexity index is 3070. The Hall–Kier alpha value is -7.47. The Morgan fingerprint density at radius 2 is 0.782 bits per heavy atom. The molecule has 8 heterocycles. The normalized spacial score (nSPS) is 11.2. The van der Waals surface area contributed by atoms with Crippen LogP contribution in [0.2, 0.25) is 0 Å². The number of methoxy groups -OCH3 is 1. The number of aryl methyl sites for hydroxylation is 3. The zero-order valence-electron chi connectivity index (χ0n) is 54.8. The van der Waals surface area contributed by atoms with Gasteiger partial charge in [-0.3, -0.25) is 14.7 Å². The number of hydrogen-bond acceptors (Lipinski definition) is 17. The van der Waals surface area contributed by atoms with Crippen LogP contribution < -0.4 is 10.2 Å². The molecule has 0 fully saturated rings. The van der Waals surface area contributed by atoms with Crippen LogP contribution in [0.25, 0.3) is 34.6 Å². The van der Waals surface area contributed by atoms with Gasteiger partial charge in [0.1, 0.15) is 23.1 Å². The second kappa shape index (κ2) is 37.3. The number of aromatic nitrogens is 16. The van der Waals surface area contributed by atoms with Crippen LogP contribution in [-0.2, 0) is 82.0 Å². The largest absolute Gasteiger partial charge is 2.00 e. The van der Waals surface area contributed by atoms with Gasteiger partial charge >= 0.3 is 27.0 Å². The molecule has 0 aliphatic carbocycles. The number of ketones is 2. The van der Waals surface area contributed by atoms with Crippen molar-refractivity contribution in [1.82, 2.24) is 80.4 Å². The molecule has 0 saturated carbocycles. The number of H-pyrrole nitrogens is 1. The minimum absolute atomic E-state index is 0. The first-order chi connectivity index (χ1) is 40.9. The van der Waals surface area contributed by atoms with E-state index >= 15 is 0 Å². The zero-order chi connectivity index (χ0) is 63.6. The van der Waals surface area contributed by atoms with E-state index in [1.165, 1.54) is 23.8 Å². The molecule has 0 aliphatic rings. The van der Waals surface area contributed by atoms with E-state index in [4.69, 9.17) is 0 Å². The number of hydrogen-bond donors (Lipinski definition) is 1. The van der Waals surface area contributed by atoms with Crippen molar-refractivity contribution in [2.24, 2.45) is 35.5 Å². The summed E-state index contributed by atoms with van der Waals surface area (Å²) in [6.07, 6.45) is 26.0. The van der Waals surface area contributed by atoms with Crippen LogP contribution in [0.15, 0.2) is 62.0 Å². The smallest absolute Gasteiger partial charge is 0.572 e. The van der Waals surface area contributed by atoms with E-state index in [2.05, 4.69) is 182 Å². The summed E-state index contributed by atoms with van der Waals surface area (Å²) in [6, 6.07) is 0. The average Bonchev–Trinajstić information content (AvgIpc) is 2.68. The summed E-state index contributed by atoms with van der Waals surface area (Å²) in [5.41, 5.74) is 14.6. The standard InChI is InChI=1S/C14H20N4.2C14H19N4.C14H20N2O2.C10H14N2O2.Pt/c3*1-5-12-10(4)13(18-17-12)14-15-7-11(8-16-14)6-9(2)3;1-5-12(17)10(4)13(18)14-15-7-11(8-16-14)6-9(2)3;1-7(2)4-8-5-11-9(12-6-8)10(13)14-3;/h7-9H,5-6H2,1-4H3,(H,17,18);2*7-9H,5-6H2,1-4H3;7-10H,5-6H2,1-4H3;5-7H,4H2,1-3H3;/q;2*-1;;;+2. The van der Waals surface area contributed by atoms with E-state index in [1.807, 2.05) is 51.0 Å². The van der Waals surface area contributed by atoms with E-state index in [9.17, 15) is 14.4 Å². The molecule has 470 valence electrons. The van der Waals surface area contributed by atoms with Crippen LogP contribution in [0.3, 0.4) is 0 Å². The maximum Gasteiger partial charge on any atom is 2.00 e. The Balaban J connectivity index is 0.000000285. The van der Waals surface area contributed by atoms with Gasteiger partial charge in [0.15, 0.2) is 11.6 Å². The predicted molar refractivity (Wildman–Crippen MR) is 336 cm³/mol. The van der Waals surface area contributed by atoms with Gasteiger partial charge in [-0.1, -0.05) is 108 Å². The minimum atomic E-state index is -0.647. The van der Waals surface area contributed by atoms with Crippen LogP contribution in [0, 0.1) is 56.3 Å². The molecule has 1 N–H and O–H groups in total. The van der Waals surface area contributed by atoms with Gasteiger partial charge in [0.05, 0.1) is 13.0 Å². The monoisotopic (exact) mass is 1370 g/mol. The van der Waals surface area contributed by atoms with Crippen molar-refractivity contribution in [1.29, 1.82) is 0 Å². The molecule has 0 bridgehead atoms. The number of Topliss-reactive ketones (excluding diaryl/α,β-unsaturated/α-hetero) is 2. The van der Waals surface area contributed by atoms with Crippen molar-refractivity contribution in [3.05, 3.63) is 135 Å². The van der Waals surface area contributed by atoms with Crippen molar-refractivity contribution >= 4 is 17.5 Å². The number of nitrogens with zero attached hydrogens (tertiary/aromatic N) is 15. The minimum Gasteiger partial charge on any atom is -0.572 e. The molecule has 0 saturated heterocycles. The van der Waals surface area contributed by atoms with E-state index in [0.29, 0.717) is 53.5 Å². The summed E-state index contributed by atoms with van der Waals surface area (Å²) in [5.74, 6) is 3.72. The fourth-order valence-electron chi connectivity index (χ4n) is 8.88. The van der Waals surface area contributed by atoms with Crippen LogP contribution in [0.4, 0.5) is 0 Å². The number of nitrogens with one attached hydrogen (secondary N) is 1. The summed E-state index contributed by atoms with van der Waals surface area (Å²) in [5, 5.41) is 24.0. The molecular weight excluding hydrogens is 1280 g/mol. The van der Waals surface area contributed by atoms with Gasteiger partial charge in [-0.25, -0.2) is 54.6 Å². The summed E-state index contributed by atoms with van der Waals surface area (Å²) in [4.78, 5) is 76.8. The molecule has 0 aromatic carbocycles. The van der Waals surface area contributed by atoms with Gasteiger partial charge in [-0.2, -0.15) is 5.10 Å². The molecule has 21 heteroatoms. The maximum absolute atomic E-state index is 11.9. The third kappa shape index (κ3) is 23.6. The molecule has 8 aromatic rings. The van der Waals surface area contributed by atoms with E-state index in [1.54, 1.807) is 38.6 Å². The number of carbonyl (C=O) groups excluding carboxylic acids is 3. The molecule has 0 spiro atoms. The molecule has 20 nitrogen and oxygen atoms in total. The number of aromatic amines is 1. The van der Waals surface area contributed by atoms with Crippen LogP contribution >= 0.6 is 0 Å². The molecule has 0 aliphatic heterocycles. The van der Waals surface area contributed by atoms with Crippen molar-refractivity contribution in [3.8, 4) is 34.6 Å². The van der Waals surface area contributed by atoms with E-state index in [-0.39, 0.29) is 44.3 Å². The first-order valence-corrected chi connectivity index (χ1v) is 30.2. The second-order valence-electron chi connectivity index (χ2n) is 23.4. The van der Waals surface area contributed by atoms with Gasteiger partial charge in [-0.15, -0.1) is 0 Å². The molecule has 8 rings (SSSR count). The van der Waals surface area contributed by atoms with Crippen LogP contribution in [0.1, 0.15) is 193 Å². The SMILES string of the molecule is CCC(=O)C(C)C(=O)c1ncc(CC(C)C)cn1.CCc1[nH]nc(-c2ncc(CC(C)C)cn2)c1C.CCc1n[n-]c(-c2ncc(CC(C)C)cn2)c1C.CCc1n[n-]c(-c2ncc(CC(C)C)cn2)c1C.COC(=O)c1ncc(CC(C)C)cn1.[Pt+2]. The molecule has 1 atom stereocenters. The predicted octanol–water partition coefficient (Wildman–Crippen LogP) is 12.0. The van der Waals surface area contributed by atoms with Crippen molar-refractivity contribution in [3.63, 3.8) is 0 Å². The molecule has 87 heavy (non-hydrogen) atoms. The molecular formula is C66H92N16O4Pt. The Labute approximate surface area is 530 Å². The Morgan fingerprint density at radius 3 is 1.06 bits per heavy atom. The molecule has 1 unspecified atom stereocenters. The third-order valence-corrected chi connectivity index (χ3v) is 13.4. The topological polar surface area (TPSA) is 272 Å². The van der Waals surface area contributed by atoms with Crippen LogP contribution in [-0.4, -0.2) is 94.9 Å². The second-order valence-corrected chi connectivity index (χ2v) is 23.4. The first kappa shape index (κ1) is 73.8. The van der Waals surface area contributed by atoms with Gasteiger partial charge in [0.2, 0.25) is 11.6 Å². The third-order valence-electron chi connectivity index (χ3n) is 13.4. The van der Waals surface area contributed by atoms with Crippen LogP contribution in [0.5, 0.6) is 0 Å². The molecule has 0 amide bonds. The number of rotatable bonds is 21. The number of esters is 1. The fourth-order valence-corrected chi connectivity index (χ4v) is 8.88. The Morgan fingerprint density at radius 1 is 0.460 bits per heavy atom. The summed E-state index contributed by atoms with van der Waals surface area (Å²) in [6.45, 7) is 37.3.